The number of carbonyl (C=O) groups excluding carboxylic acids is 1. The molecule has 140 valence electrons. The number of halogens is 2. The van der Waals surface area contributed by atoms with Crippen molar-refractivity contribution < 1.29 is 22.3 Å². The molecule has 0 N–H and O–H groups in total. The first-order valence-corrected chi connectivity index (χ1v) is 10.7. The lowest BCUT2D eigenvalue weighted by molar-refractivity contribution is -0.141. The van der Waals surface area contributed by atoms with E-state index in [9.17, 15) is 17.6 Å². The van der Waals surface area contributed by atoms with Gasteiger partial charge in [-0.05, 0) is 49.1 Å². The predicted molar refractivity (Wildman–Crippen MR) is 102 cm³/mol. The second kappa shape index (κ2) is 9.28. The van der Waals surface area contributed by atoms with Crippen molar-refractivity contribution in [2.24, 2.45) is 0 Å². The van der Waals surface area contributed by atoms with E-state index in [1.54, 1.807) is 24.3 Å². The van der Waals surface area contributed by atoms with Crippen molar-refractivity contribution >= 4 is 31.7 Å². The highest BCUT2D eigenvalue weighted by molar-refractivity contribution is 9.10. The zero-order valence-corrected chi connectivity index (χ0v) is 16.8. The molecule has 0 bridgehead atoms. The molecular weight excluding hydrogens is 423 g/mol. The molecular formula is C19H20BrFO4S. The van der Waals surface area contributed by atoms with Crippen molar-refractivity contribution in [2.45, 2.75) is 31.1 Å². The number of carbonyl (C=O) groups is 1. The summed E-state index contributed by atoms with van der Waals surface area (Å²) < 4.78 is 44.2. The number of benzene rings is 2. The van der Waals surface area contributed by atoms with Gasteiger partial charge < -0.3 is 4.74 Å². The standard InChI is InChI=1S/C19H20BrFO4S/c1-14(22)25-11-3-2-4-12-26(23,24)17-8-5-15(6-9-17)18-10-7-16(20)13-19(18)21/h5-10,13H,2-4,11-12H2,1H3. The first-order chi connectivity index (χ1) is 12.3. The van der Waals surface area contributed by atoms with E-state index < -0.39 is 9.84 Å². The number of rotatable bonds is 8. The topological polar surface area (TPSA) is 60.4 Å². The van der Waals surface area contributed by atoms with Gasteiger partial charge in [-0.2, -0.15) is 0 Å². The number of hydrogen-bond acceptors (Lipinski definition) is 4. The minimum absolute atomic E-state index is 0.0268. The summed E-state index contributed by atoms with van der Waals surface area (Å²) in [7, 11) is -3.39. The molecule has 0 heterocycles. The van der Waals surface area contributed by atoms with E-state index in [0.29, 0.717) is 41.5 Å². The van der Waals surface area contributed by atoms with Crippen LogP contribution < -0.4 is 0 Å². The molecule has 2 aromatic rings. The molecule has 0 atom stereocenters. The number of esters is 1. The Bertz CT molecular complexity index is 864. The number of hydrogen-bond donors (Lipinski definition) is 0. The molecule has 0 unspecified atom stereocenters. The Hall–Kier alpha value is -1.73. The van der Waals surface area contributed by atoms with Gasteiger partial charge in [-0.3, -0.25) is 4.79 Å². The fraction of sp³-hybridized carbons (Fsp3) is 0.316. The maximum absolute atomic E-state index is 14.0. The molecule has 7 heteroatoms. The van der Waals surface area contributed by atoms with Crippen molar-refractivity contribution in [1.29, 1.82) is 0 Å². The van der Waals surface area contributed by atoms with Crippen molar-refractivity contribution in [2.75, 3.05) is 12.4 Å². The Kier molecular flexibility index (Phi) is 7.34. The fourth-order valence-corrected chi connectivity index (χ4v) is 4.17. The first kappa shape index (κ1) is 20.6. The van der Waals surface area contributed by atoms with Gasteiger partial charge in [0, 0.05) is 17.0 Å². The third kappa shape index (κ3) is 5.92. The average Bonchev–Trinajstić information content (AvgIpc) is 2.58. The van der Waals surface area contributed by atoms with Crippen LogP contribution >= 0.6 is 15.9 Å². The Balaban J connectivity index is 1.97. The molecule has 4 nitrogen and oxygen atoms in total. The van der Waals surface area contributed by atoms with Crippen molar-refractivity contribution in [1.82, 2.24) is 0 Å². The third-order valence-corrected chi connectivity index (χ3v) is 6.13. The van der Waals surface area contributed by atoms with Crippen LogP contribution in [0.3, 0.4) is 0 Å². The van der Waals surface area contributed by atoms with Crippen LogP contribution in [0.5, 0.6) is 0 Å². The summed E-state index contributed by atoms with van der Waals surface area (Å²) in [4.78, 5) is 10.9. The van der Waals surface area contributed by atoms with E-state index in [2.05, 4.69) is 15.9 Å². The van der Waals surface area contributed by atoms with E-state index in [0.717, 1.165) is 0 Å². The summed E-state index contributed by atoms with van der Waals surface area (Å²) in [5.41, 5.74) is 1.04. The Labute approximate surface area is 161 Å². The molecule has 0 saturated heterocycles. The van der Waals surface area contributed by atoms with Crippen molar-refractivity contribution in [3.8, 4) is 11.1 Å². The fourth-order valence-electron chi connectivity index (χ4n) is 2.47. The second-order valence-corrected chi connectivity index (χ2v) is 8.89. The molecule has 0 aromatic heterocycles. The van der Waals surface area contributed by atoms with Crippen LogP contribution in [0.15, 0.2) is 51.8 Å². The van der Waals surface area contributed by atoms with Crippen molar-refractivity contribution in [3.05, 3.63) is 52.8 Å². The largest absolute Gasteiger partial charge is 0.466 e. The zero-order valence-electron chi connectivity index (χ0n) is 14.4. The van der Waals surface area contributed by atoms with Gasteiger partial charge in [-0.1, -0.05) is 34.1 Å². The highest BCUT2D eigenvalue weighted by Crippen LogP contribution is 2.27. The van der Waals surface area contributed by atoms with Gasteiger partial charge in [-0.25, -0.2) is 12.8 Å². The molecule has 0 saturated carbocycles. The van der Waals surface area contributed by atoms with E-state index in [1.807, 2.05) is 0 Å². The van der Waals surface area contributed by atoms with Crippen LogP contribution in [-0.2, 0) is 19.4 Å². The highest BCUT2D eigenvalue weighted by atomic mass is 79.9. The SMILES string of the molecule is CC(=O)OCCCCCS(=O)(=O)c1ccc(-c2ccc(Br)cc2F)cc1. The van der Waals surface area contributed by atoms with Gasteiger partial charge in [0.15, 0.2) is 9.84 Å². The summed E-state index contributed by atoms with van der Waals surface area (Å²) in [6.07, 6.45) is 1.79. The predicted octanol–water partition coefficient (Wildman–Crippen LogP) is 4.76. The van der Waals surface area contributed by atoms with Gasteiger partial charge >= 0.3 is 5.97 Å². The molecule has 0 aliphatic heterocycles. The molecule has 2 rings (SSSR count). The van der Waals surface area contributed by atoms with E-state index >= 15 is 0 Å². The molecule has 26 heavy (non-hydrogen) atoms. The van der Waals surface area contributed by atoms with Crippen LogP contribution in [0, 0.1) is 5.82 Å². The minimum Gasteiger partial charge on any atom is -0.466 e. The summed E-state index contributed by atoms with van der Waals surface area (Å²) in [6.45, 7) is 1.65. The minimum atomic E-state index is -3.39. The molecule has 0 aliphatic carbocycles. The lowest BCUT2D eigenvalue weighted by Crippen LogP contribution is -2.07. The Morgan fingerprint density at radius 2 is 1.77 bits per heavy atom. The maximum Gasteiger partial charge on any atom is 0.302 e. The van der Waals surface area contributed by atoms with Crippen LogP contribution in [-0.4, -0.2) is 26.7 Å². The Morgan fingerprint density at radius 3 is 2.38 bits per heavy atom. The number of sulfone groups is 1. The van der Waals surface area contributed by atoms with Gasteiger partial charge in [0.2, 0.25) is 0 Å². The van der Waals surface area contributed by atoms with Gasteiger partial charge in [-0.15, -0.1) is 0 Å². The van der Waals surface area contributed by atoms with E-state index in [1.165, 1.54) is 25.1 Å². The van der Waals surface area contributed by atoms with Crippen LogP contribution in [0.2, 0.25) is 0 Å². The number of unbranched alkanes of at least 4 members (excludes halogenated alkanes) is 2. The van der Waals surface area contributed by atoms with Gasteiger partial charge in [0.25, 0.3) is 0 Å². The summed E-state index contributed by atoms with van der Waals surface area (Å²) in [5.74, 6) is -0.679. The molecule has 0 fully saturated rings. The monoisotopic (exact) mass is 442 g/mol. The summed E-state index contributed by atoms with van der Waals surface area (Å²) >= 11 is 3.21. The third-order valence-electron chi connectivity index (χ3n) is 3.82. The van der Waals surface area contributed by atoms with E-state index in [-0.39, 0.29) is 22.4 Å². The smallest absolute Gasteiger partial charge is 0.302 e. The Morgan fingerprint density at radius 1 is 1.08 bits per heavy atom. The molecule has 0 spiro atoms. The van der Waals surface area contributed by atoms with Crippen LogP contribution in [0.1, 0.15) is 26.2 Å². The maximum atomic E-state index is 14.0. The zero-order chi connectivity index (χ0) is 19.2. The molecule has 0 aliphatic rings. The summed E-state index contributed by atoms with van der Waals surface area (Å²) in [5, 5.41) is 0. The number of ether oxygens (including phenoxy) is 1. The van der Waals surface area contributed by atoms with Crippen molar-refractivity contribution in [3.63, 3.8) is 0 Å². The normalized spacial score (nSPS) is 11.3. The van der Waals surface area contributed by atoms with Crippen LogP contribution in [0.4, 0.5) is 4.39 Å². The average molecular weight is 443 g/mol. The lowest BCUT2D eigenvalue weighted by atomic mass is 10.1. The highest BCUT2D eigenvalue weighted by Gasteiger charge is 2.14. The lowest BCUT2D eigenvalue weighted by Gasteiger charge is -2.08. The molecule has 0 radical (unpaired) electrons. The molecule has 2 aromatic carbocycles. The van der Waals surface area contributed by atoms with Crippen LogP contribution in [0.25, 0.3) is 11.1 Å². The van der Waals surface area contributed by atoms with E-state index in [4.69, 9.17) is 4.74 Å². The quantitative estimate of drug-likeness (QED) is 0.436. The first-order valence-electron chi connectivity index (χ1n) is 8.21. The summed E-state index contributed by atoms with van der Waals surface area (Å²) in [6, 6.07) is 11.0. The molecule has 0 amide bonds. The second-order valence-electron chi connectivity index (χ2n) is 5.87. The van der Waals surface area contributed by atoms with Gasteiger partial charge in [0.1, 0.15) is 5.82 Å². The van der Waals surface area contributed by atoms with Gasteiger partial charge in [0.05, 0.1) is 17.3 Å².